The number of fused-ring (bicyclic) bond motifs is 1. The number of benzene rings is 2. The van der Waals surface area contributed by atoms with Crippen molar-refractivity contribution in [1.82, 2.24) is 19.8 Å². The molecule has 2 unspecified atom stereocenters. The summed E-state index contributed by atoms with van der Waals surface area (Å²) in [6.07, 6.45) is 5.62. The molecule has 1 heterocycles. The van der Waals surface area contributed by atoms with Gasteiger partial charge in [0.1, 0.15) is 0 Å². The molecule has 2 atom stereocenters. The summed E-state index contributed by atoms with van der Waals surface area (Å²) in [5.41, 5.74) is 3.54. The Morgan fingerprint density at radius 1 is 1.08 bits per heavy atom. The number of imidazole rings is 1. The normalized spacial score (nSPS) is 16.9. The van der Waals surface area contributed by atoms with Gasteiger partial charge in [0.25, 0.3) is 5.91 Å². The Balaban J connectivity index is 1.41. The molecule has 0 aliphatic heterocycles. The van der Waals surface area contributed by atoms with Crippen LogP contribution in [-0.4, -0.2) is 59.5 Å². The van der Waals surface area contributed by atoms with Crippen molar-refractivity contribution in [3.63, 3.8) is 0 Å². The number of likely N-dealkylation sites (N-methyl/N-ethyl adjacent to an activating group) is 1. The molecular formula is C28H30N4O4. The number of carbonyl (C=O) groups is 3. The first-order valence-corrected chi connectivity index (χ1v) is 11.9. The maximum Gasteiger partial charge on any atom is 0.313 e. The molecule has 1 aliphatic rings. The first-order valence-electron chi connectivity index (χ1n) is 11.9. The molecule has 0 fully saturated rings. The van der Waals surface area contributed by atoms with Gasteiger partial charge in [-0.05, 0) is 29.2 Å². The molecule has 0 bridgehead atoms. The highest BCUT2D eigenvalue weighted by molar-refractivity contribution is 5.96. The van der Waals surface area contributed by atoms with Gasteiger partial charge in [-0.1, -0.05) is 67.6 Å². The van der Waals surface area contributed by atoms with Crippen molar-refractivity contribution in [1.29, 1.82) is 0 Å². The summed E-state index contributed by atoms with van der Waals surface area (Å²) in [6.45, 7) is 2.65. The fourth-order valence-corrected chi connectivity index (χ4v) is 4.34. The van der Waals surface area contributed by atoms with Gasteiger partial charge in [0.15, 0.2) is 5.82 Å². The lowest BCUT2D eigenvalue weighted by Gasteiger charge is -2.24. The maximum atomic E-state index is 13.1. The molecule has 3 aromatic rings. The molecule has 0 saturated heterocycles. The van der Waals surface area contributed by atoms with Crippen molar-refractivity contribution >= 4 is 28.8 Å². The minimum Gasteiger partial charge on any atom is -0.469 e. The third kappa shape index (κ3) is 5.54. The van der Waals surface area contributed by atoms with E-state index in [-0.39, 0.29) is 36.1 Å². The molecule has 2 amide bonds. The van der Waals surface area contributed by atoms with Crippen LogP contribution in [0.4, 0.5) is 0 Å². The molecule has 186 valence electrons. The summed E-state index contributed by atoms with van der Waals surface area (Å²) in [7, 11) is 3.06. The Kier molecular flexibility index (Phi) is 7.63. The lowest BCUT2D eigenvalue weighted by molar-refractivity contribution is -0.144. The summed E-state index contributed by atoms with van der Waals surface area (Å²) in [6, 6.07) is 17.4. The molecule has 4 rings (SSSR count). The predicted octanol–water partition coefficient (Wildman–Crippen LogP) is 3.19. The highest BCUT2D eigenvalue weighted by Crippen LogP contribution is 2.24. The maximum absolute atomic E-state index is 13.1. The number of allylic oxidation sites excluding steroid dienone is 1. The number of aromatic nitrogens is 2. The van der Waals surface area contributed by atoms with Crippen molar-refractivity contribution in [2.45, 2.75) is 13.5 Å². The van der Waals surface area contributed by atoms with E-state index >= 15 is 0 Å². The van der Waals surface area contributed by atoms with Crippen molar-refractivity contribution in [2.24, 2.45) is 11.8 Å². The number of ether oxygens (including phenoxy) is 1. The van der Waals surface area contributed by atoms with E-state index in [1.807, 2.05) is 84.3 Å². The third-order valence-corrected chi connectivity index (χ3v) is 6.32. The fraction of sp³-hybridized carbons (Fsp3) is 0.286. The lowest BCUT2D eigenvalue weighted by Crippen LogP contribution is -2.39. The van der Waals surface area contributed by atoms with Crippen LogP contribution >= 0.6 is 0 Å². The first kappa shape index (κ1) is 24.9. The summed E-state index contributed by atoms with van der Waals surface area (Å²) in [5, 5.41) is 2.73. The first-order chi connectivity index (χ1) is 17.4. The highest BCUT2D eigenvalue weighted by Gasteiger charge is 2.25. The molecule has 0 spiro atoms. The van der Waals surface area contributed by atoms with E-state index in [4.69, 9.17) is 4.74 Å². The number of amides is 2. The number of carbonyl (C=O) groups excluding carboxylic acids is 3. The number of hydrogen-bond acceptors (Lipinski definition) is 5. The Hall–Kier alpha value is -4.20. The molecule has 1 N–H and O–H groups in total. The minimum atomic E-state index is -0.407. The van der Waals surface area contributed by atoms with Crippen LogP contribution in [0.15, 0.2) is 78.4 Å². The van der Waals surface area contributed by atoms with E-state index in [9.17, 15) is 14.4 Å². The van der Waals surface area contributed by atoms with Crippen LogP contribution in [0.1, 0.15) is 23.1 Å². The summed E-state index contributed by atoms with van der Waals surface area (Å²) in [4.78, 5) is 43.8. The standard InChI is InChI=1S/C28H30N4O4/c1-19-15-21(13-14-22(19)28(35)36-3)17-31(2)25(33)16-29-27(34)26-30-23-11-7-8-12-24(23)32(26)18-20-9-5-4-6-10-20/h4-15,19,22H,16-18H2,1-3H3,(H,29,34). The largest absolute Gasteiger partial charge is 0.469 e. The smallest absolute Gasteiger partial charge is 0.313 e. The molecule has 36 heavy (non-hydrogen) atoms. The van der Waals surface area contributed by atoms with E-state index in [1.165, 1.54) is 7.11 Å². The van der Waals surface area contributed by atoms with Crippen LogP contribution in [0.25, 0.3) is 11.0 Å². The fourth-order valence-electron chi connectivity index (χ4n) is 4.34. The molecule has 0 radical (unpaired) electrons. The average molecular weight is 487 g/mol. The van der Waals surface area contributed by atoms with Crippen molar-refractivity contribution in [3.05, 3.63) is 89.8 Å². The summed E-state index contributed by atoms with van der Waals surface area (Å²) >= 11 is 0. The molecule has 0 saturated carbocycles. The van der Waals surface area contributed by atoms with E-state index in [0.717, 1.165) is 22.2 Å². The molecule has 8 nitrogen and oxygen atoms in total. The molecule has 1 aromatic heterocycles. The van der Waals surface area contributed by atoms with E-state index in [0.29, 0.717) is 13.1 Å². The van der Waals surface area contributed by atoms with Crippen LogP contribution in [0.5, 0.6) is 0 Å². The van der Waals surface area contributed by atoms with Crippen molar-refractivity contribution < 1.29 is 19.1 Å². The minimum absolute atomic E-state index is 0.0294. The SMILES string of the molecule is COC(=O)C1C=CC(CN(C)C(=O)CNC(=O)c2nc3ccccc3n2Cc2ccccc2)=CC1C. The van der Waals surface area contributed by atoms with Crippen LogP contribution in [0, 0.1) is 11.8 Å². The quantitative estimate of drug-likeness (QED) is 0.494. The predicted molar refractivity (Wildman–Crippen MR) is 137 cm³/mol. The number of nitrogens with zero attached hydrogens (tertiary/aromatic N) is 3. The van der Waals surface area contributed by atoms with E-state index < -0.39 is 5.91 Å². The Bertz CT molecular complexity index is 1330. The van der Waals surface area contributed by atoms with Gasteiger partial charge < -0.3 is 19.5 Å². The molecule has 1 aliphatic carbocycles. The van der Waals surface area contributed by atoms with Gasteiger partial charge in [0.05, 0.1) is 30.6 Å². The Labute approximate surface area is 210 Å². The van der Waals surface area contributed by atoms with Gasteiger partial charge in [0, 0.05) is 20.1 Å². The van der Waals surface area contributed by atoms with E-state index in [2.05, 4.69) is 10.3 Å². The van der Waals surface area contributed by atoms with Gasteiger partial charge in [0.2, 0.25) is 5.91 Å². The molecule has 2 aromatic carbocycles. The van der Waals surface area contributed by atoms with Crippen LogP contribution < -0.4 is 5.32 Å². The van der Waals surface area contributed by atoms with Gasteiger partial charge in [-0.3, -0.25) is 14.4 Å². The summed E-state index contributed by atoms with van der Waals surface area (Å²) in [5.74, 6) is -1.01. The second kappa shape index (κ2) is 11.0. The monoisotopic (exact) mass is 486 g/mol. The zero-order valence-electron chi connectivity index (χ0n) is 20.7. The number of esters is 1. The van der Waals surface area contributed by atoms with Crippen LogP contribution in [0.3, 0.4) is 0 Å². The van der Waals surface area contributed by atoms with Gasteiger partial charge in [-0.15, -0.1) is 0 Å². The highest BCUT2D eigenvalue weighted by atomic mass is 16.5. The zero-order valence-corrected chi connectivity index (χ0v) is 20.7. The van der Waals surface area contributed by atoms with Gasteiger partial charge in [-0.2, -0.15) is 0 Å². The number of methoxy groups -OCH3 is 1. The molecular weight excluding hydrogens is 456 g/mol. The number of nitrogens with one attached hydrogen (secondary N) is 1. The topological polar surface area (TPSA) is 93.5 Å². The van der Waals surface area contributed by atoms with E-state index in [1.54, 1.807) is 11.9 Å². The van der Waals surface area contributed by atoms with Crippen molar-refractivity contribution in [3.8, 4) is 0 Å². The number of hydrogen-bond donors (Lipinski definition) is 1. The lowest BCUT2D eigenvalue weighted by atomic mass is 9.87. The average Bonchev–Trinajstić information content (AvgIpc) is 3.25. The summed E-state index contributed by atoms with van der Waals surface area (Å²) < 4.78 is 6.70. The zero-order chi connectivity index (χ0) is 25.7. The second-order valence-electron chi connectivity index (χ2n) is 8.94. The molecule has 8 heteroatoms. The Morgan fingerprint density at radius 3 is 2.53 bits per heavy atom. The number of rotatable bonds is 8. The third-order valence-electron chi connectivity index (χ3n) is 6.32. The van der Waals surface area contributed by atoms with Crippen LogP contribution in [-0.2, 0) is 20.9 Å². The van der Waals surface area contributed by atoms with Crippen molar-refractivity contribution in [2.75, 3.05) is 27.2 Å². The second-order valence-corrected chi connectivity index (χ2v) is 8.94. The number of para-hydroxylation sites is 2. The Morgan fingerprint density at radius 2 is 1.81 bits per heavy atom. The van der Waals surface area contributed by atoms with Gasteiger partial charge in [-0.25, -0.2) is 4.98 Å². The van der Waals surface area contributed by atoms with Crippen LogP contribution in [0.2, 0.25) is 0 Å². The van der Waals surface area contributed by atoms with Gasteiger partial charge >= 0.3 is 5.97 Å².